The summed E-state index contributed by atoms with van der Waals surface area (Å²) in [5, 5.41) is 7.30. The number of aromatic nitrogens is 2. The highest BCUT2D eigenvalue weighted by molar-refractivity contribution is 5.81. The zero-order chi connectivity index (χ0) is 12.5. The molecule has 0 radical (unpaired) electrons. The van der Waals surface area contributed by atoms with Crippen molar-refractivity contribution in [1.29, 1.82) is 0 Å². The largest absolute Gasteiger partial charge is 0.463 e. The van der Waals surface area contributed by atoms with Crippen LogP contribution in [-0.4, -0.2) is 35.4 Å². The highest BCUT2D eigenvalue weighted by atomic mass is 16.5. The second-order valence-electron chi connectivity index (χ2n) is 3.63. The van der Waals surface area contributed by atoms with Gasteiger partial charge in [-0.3, -0.25) is 4.68 Å². The summed E-state index contributed by atoms with van der Waals surface area (Å²) >= 11 is 0. The second kappa shape index (κ2) is 7.62. The van der Waals surface area contributed by atoms with Crippen LogP contribution in [0.3, 0.4) is 0 Å². The SMILES string of the molecule is CCOC(=O)/C=C/CNCCc1cnn(C)c1. The van der Waals surface area contributed by atoms with Crippen molar-refractivity contribution >= 4 is 5.97 Å². The molecule has 5 nitrogen and oxygen atoms in total. The van der Waals surface area contributed by atoms with Gasteiger partial charge < -0.3 is 10.1 Å². The van der Waals surface area contributed by atoms with Crippen LogP contribution in [0.4, 0.5) is 0 Å². The number of aryl methyl sites for hydroxylation is 1. The summed E-state index contributed by atoms with van der Waals surface area (Å²) in [5.74, 6) is -0.290. The van der Waals surface area contributed by atoms with E-state index in [1.807, 2.05) is 19.4 Å². The van der Waals surface area contributed by atoms with Gasteiger partial charge in [0.05, 0.1) is 12.8 Å². The molecule has 1 rings (SSSR count). The van der Waals surface area contributed by atoms with Gasteiger partial charge in [-0.15, -0.1) is 0 Å². The van der Waals surface area contributed by atoms with Gasteiger partial charge in [0.15, 0.2) is 0 Å². The average molecular weight is 237 g/mol. The van der Waals surface area contributed by atoms with Crippen LogP contribution in [0.2, 0.25) is 0 Å². The Hall–Kier alpha value is -1.62. The van der Waals surface area contributed by atoms with E-state index < -0.39 is 0 Å². The summed E-state index contributed by atoms with van der Waals surface area (Å²) < 4.78 is 6.54. The second-order valence-corrected chi connectivity index (χ2v) is 3.63. The monoisotopic (exact) mass is 237 g/mol. The summed E-state index contributed by atoms with van der Waals surface area (Å²) in [4.78, 5) is 11.0. The predicted molar refractivity (Wildman–Crippen MR) is 65.6 cm³/mol. The minimum Gasteiger partial charge on any atom is -0.463 e. The van der Waals surface area contributed by atoms with E-state index in [-0.39, 0.29) is 5.97 Å². The minimum absolute atomic E-state index is 0.290. The van der Waals surface area contributed by atoms with Gasteiger partial charge in [-0.2, -0.15) is 5.10 Å². The maximum Gasteiger partial charge on any atom is 0.330 e. The zero-order valence-corrected chi connectivity index (χ0v) is 10.3. The molecule has 0 aliphatic carbocycles. The fraction of sp³-hybridized carbons (Fsp3) is 0.500. The van der Waals surface area contributed by atoms with Gasteiger partial charge in [-0.05, 0) is 25.5 Å². The van der Waals surface area contributed by atoms with Crippen molar-refractivity contribution in [2.24, 2.45) is 7.05 Å². The molecular weight excluding hydrogens is 218 g/mol. The van der Waals surface area contributed by atoms with Gasteiger partial charge >= 0.3 is 5.97 Å². The first-order valence-corrected chi connectivity index (χ1v) is 5.74. The molecule has 0 aliphatic heterocycles. The van der Waals surface area contributed by atoms with Gasteiger partial charge in [0.2, 0.25) is 0 Å². The van der Waals surface area contributed by atoms with E-state index in [0.717, 1.165) is 13.0 Å². The number of nitrogens with one attached hydrogen (secondary N) is 1. The normalized spacial score (nSPS) is 10.9. The van der Waals surface area contributed by atoms with E-state index in [1.54, 1.807) is 17.7 Å². The van der Waals surface area contributed by atoms with Gasteiger partial charge in [-0.25, -0.2) is 4.79 Å². The number of rotatable bonds is 7. The molecule has 0 unspecified atom stereocenters. The summed E-state index contributed by atoms with van der Waals surface area (Å²) in [6, 6.07) is 0. The van der Waals surface area contributed by atoms with Crippen LogP contribution < -0.4 is 5.32 Å². The molecule has 1 aromatic rings. The molecule has 94 valence electrons. The van der Waals surface area contributed by atoms with Crippen molar-refractivity contribution in [1.82, 2.24) is 15.1 Å². The molecule has 0 saturated heterocycles. The summed E-state index contributed by atoms with van der Waals surface area (Å²) in [6.07, 6.45) is 8.00. The van der Waals surface area contributed by atoms with Crippen LogP contribution in [0.25, 0.3) is 0 Å². The molecule has 0 aromatic carbocycles. The Morgan fingerprint density at radius 3 is 3.12 bits per heavy atom. The molecule has 0 spiro atoms. The van der Waals surface area contributed by atoms with Gasteiger partial charge in [0.25, 0.3) is 0 Å². The molecule has 1 aromatic heterocycles. The Bertz CT molecular complexity index is 372. The lowest BCUT2D eigenvalue weighted by atomic mass is 10.2. The predicted octanol–water partition coefficient (Wildman–Crippen LogP) is 0.671. The highest BCUT2D eigenvalue weighted by Crippen LogP contribution is 1.95. The van der Waals surface area contributed by atoms with Gasteiger partial charge in [0.1, 0.15) is 0 Å². The topological polar surface area (TPSA) is 56.1 Å². The number of hydrogen-bond donors (Lipinski definition) is 1. The van der Waals surface area contributed by atoms with Crippen molar-refractivity contribution in [2.45, 2.75) is 13.3 Å². The van der Waals surface area contributed by atoms with Crippen LogP contribution in [0.15, 0.2) is 24.5 Å². The Kier molecular flexibility index (Phi) is 6.03. The quantitative estimate of drug-likeness (QED) is 0.430. The maximum absolute atomic E-state index is 11.0. The number of ether oxygens (including phenoxy) is 1. The van der Waals surface area contributed by atoms with E-state index in [2.05, 4.69) is 10.4 Å². The molecule has 0 atom stereocenters. The number of nitrogens with zero attached hydrogens (tertiary/aromatic N) is 2. The van der Waals surface area contributed by atoms with Crippen LogP contribution in [-0.2, 0) is 23.0 Å². The Morgan fingerprint density at radius 1 is 1.65 bits per heavy atom. The van der Waals surface area contributed by atoms with Crippen molar-refractivity contribution in [3.05, 3.63) is 30.1 Å². The molecular formula is C12H19N3O2. The number of carbonyl (C=O) groups is 1. The van der Waals surface area contributed by atoms with E-state index in [1.165, 1.54) is 11.6 Å². The molecule has 0 bridgehead atoms. The third-order valence-corrected chi connectivity index (χ3v) is 2.15. The smallest absolute Gasteiger partial charge is 0.330 e. The molecule has 0 fully saturated rings. The third kappa shape index (κ3) is 5.87. The van der Waals surface area contributed by atoms with Crippen molar-refractivity contribution in [3.63, 3.8) is 0 Å². The Labute approximate surface area is 101 Å². The van der Waals surface area contributed by atoms with E-state index in [9.17, 15) is 4.79 Å². The highest BCUT2D eigenvalue weighted by Gasteiger charge is 1.95. The summed E-state index contributed by atoms with van der Waals surface area (Å²) in [5.41, 5.74) is 1.20. The third-order valence-electron chi connectivity index (χ3n) is 2.15. The average Bonchev–Trinajstić information content (AvgIpc) is 2.70. The molecule has 1 N–H and O–H groups in total. The van der Waals surface area contributed by atoms with E-state index >= 15 is 0 Å². The lowest BCUT2D eigenvalue weighted by molar-refractivity contribution is -0.137. The number of esters is 1. The molecule has 5 heteroatoms. The summed E-state index contributed by atoms with van der Waals surface area (Å²) in [7, 11) is 1.90. The fourth-order valence-corrected chi connectivity index (χ4v) is 1.36. The molecule has 0 aliphatic rings. The minimum atomic E-state index is -0.290. The van der Waals surface area contributed by atoms with Crippen LogP contribution in [0.1, 0.15) is 12.5 Å². The first-order valence-electron chi connectivity index (χ1n) is 5.74. The van der Waals surface area contributed by atoms with Crippen LogP contribution in [0.5, 0.6) is 0 Å². The van der Waals surface area contributed by atoms with E-state index in [0.29, 0.717) is 13.2 Å². The van der Waals surface area contributed by atoms with Crippen molar-refractivity contribution < 1.29 is 9.53 Å². The fourth-order valence-electron chi connectivity index (χ4n) is 1.36. The Balaban J connectivity index is 2.06. The summed E-state index contributed by atoms with van der Waals surface area (Å²) in [6.45, 7) is 3.73. The number of hydrogen-bond acceptors (Lipinski definition) is 4. The maximum atomic E-state index is 11.0. The lowest BCUT2D eigenvalue weighted by Crippen LogP contribution is -2.17. The molecule has 1 heterocycles. The van der Waals surface area contributed by atoms with Crippen molar-refractivity contribution in [3.8, 4) is 0 Å². The van der Waals surface area contributed by atoms with Crippen molar-refractivity contribution in [2.75, 3.05) is 19.7 Å². The first-order chi connectivity index (χ1) is 8.22. The van der Waals surface area contributed by atoms with E-state index in [4.69, 9.17) is 4.74 Å². The van der Waals surface area contributed by atoms with Crippen LogP contribution in [0, 0.1) is 0 Å². The lowest BCUT2D eigenvalue weighted by Gasteiger charge is -1.99. The van der Waals surface area contributed by atoms with Gasteiger partial charge in [0, 0.05) is 25.9 Å². The zero-order valence-electron chi connectivity index (χ0n) is 10.3. The first kappa shape index (κ1) is 13.4. The van der Waals surface area contributed by atoms with Gasteiger partial charge in [-0.1, -0.05) is 6.08 Å². The molecule has 17 heavy (non-hydrogen) atoms. The Morgan fingerprint density at radius 2 is 2.47 bits per heavy atom. The standard InChI is InChI=1S/C12H19N3O2/c1-3-17-12(16)5-4-7-13-8-6-11-9-14-15(2)10-11/h4-5,9-10,13H,3,6-8H2,1-2H3/b5-4+. The molecule has 0 saturated carbocycles. The molecule has 0 amide bonds. The van der Waals surface area contributed by atoms with Crippen LogP contribution >= 0.6 is 0 Å². The number of carbonyl (C=O) groups excluding carboxylic acids is 1.